The van der Waals surface area contributed by atoms with Crippen LogP contribution in [0, 0.1) is 0 Å². The van der Waals surface area contributed by atoms with Gasteiger partial charge in [-0.15, -0.1) is 0 Å². The van der Waals surface area contributed by atoms with Crippen molar-refractivity contribution in [1.82, 2.24) is 0 Å². The first-order valence-electron chi connectivity index (χ1n) is 4.82. The molecule has 0 fully saturated rings. The van der Waals surface area contributed by atoms with Crippen LogP contribution in [-0.4, -0.2) is 10.2 Å². The molecule has 0 atom stereocenters. The summed E-state index contributed by atoms with van der Waals surface area (Å²) in [5, 5.41) is 19.6. The van der Waals surface area contributed by atoms with Crippen LogP contribution in [-0.2, 0) is 0 Å². The molecule has 0 aliphatic rings. The Morgan fingerprint density at radius 3 is 2.28 bits per heavy atom. The SMILES string of the molecule is Oc1ccc(Br)cc1Oc1c(Br)ccc(Br)c1O. The van der Waals surface area contributed by atoms with Gasteiger partial charge in [0.2, 0.25) is 0 Å². The van der Waals surface area contributed by atoms with Crippen LogP contribution in [0.5, 0.6) is 23.0 Å². The van der Waals surface area contributed by atoms with E-state index in [1.54, 1.807) is 24.3 Å². The number of aromatic hydroxyl groups is 2. The van der Waals surface area contributed by atoms with E-state index in [9.17, 15) is 10.2 Å². The summed E-state index contributed by atoms with van der Waals surface area (Å²) in [5.74, 6) is 0.435. The molecule has 0 saturated heterocycles. The molecule has 0 amide bonds. The molecule has 3 nitrogen and oxygen atoms in total. The lowest BCUT2D eigenvalue weighted by Crippen LogP contribution is -1.88. The number of ether oxygens (including phenoxy) is 1. The predicted molar refractivity (Wildman–Crippen MR) is 79.4 cm³/mol. The molecular formula is C12H7Br3O3. The standard InChI is InChI=1S/C12H7Br3O3/c13-6-1-4-9(16)10(5-6)18-12-8(15)3-2-7(14)11(12)17/h1-5,16-17H. The third-order valence-corrected chi connectivity index (χ3v) is 3.93. The van der Waals surface area contributed by atoms with Gasteiger partial charge in [-0.05, 0) is 62.2 Å². The van der Waals surface area contributed by atoms with Crippen LogP contribution in [0.4, 0.5) is 0 Å². The molecule has 0 aliphatic heterocycles. The number of rotatable bonds is 2. The summed E-state index contributed by atoms with van der Waals surface area (Å²) >= 11 is 9.77. The summed E-state index contributed by atoms with van der Waals surface area (Å²) in [6, 6.07) is 8.23. The Hall–Kier alpha value is -0.720. The Morgan fingerprint density at radius 2 is 1.56 bits per heavy atom. The fraction of sp³-hybridized carbons (Fsp3) is 0. The third kappa shape index (κ3) is 2.81. The first-order chi connectivity index (χ1) is 8.49. The van der Waals surface area contributed by atoms with Crippen molar-refractivity contribution in [3.63, 3.8) is 0 Å². The summed E-state index contributed by atoms with van der Waals surface area (Å²) in [7, 11) is 0. The minimum Gasteiger partial charge on any atom is -0.504 e. The zero-order valence-corrected chi connectivity index (χ0v) is 13.6. The largest absolute Gasteiger partial charge is 0.504 e. The van der Waals surface area contributed by atoms with Crippen molar-refractivity contribution >= 4 is 47.8 Å². The van der Waals surface area contributed by atoms with Gasteiger partial charge in [0.15, 0.2) is 23.0 Å². The van der Waals surface area contributed by atoms with Crippen molar-refractivity contribution < 1.29 is 14.9 Å². The van der Waals surface area contributed by atoms with Crippen LogP contribution < -0.4 is 4.74 Å². The highest BCUT2D eigenvalue weighted by Gasteiger charge is 2.14. The van der Waals surface area contributed by atoms with Crippen LogP contribution in [0.3, 0.4) is 0 Å². The van der Waals surface area contributed by atoms with E-state index in [0.29, 0.717) is 8.95 Å². The molecule has 0 spiro atoms. The molecule has 2 aromatic rings. The van der Waals surface area contributed by atoms with E-state index in [-0.39, 0.29) is 23.0 Å². The van der Waals surface area contributed by atoms with Gasteiger partial charge in [-0.3, -0.25) is 0 Å². The minimum absolute atomic E-state index is 0.00974. The minimum atomic E-state index is -0.0382. The van der Waals surface area contributed by atoms with E-state index in [2.05, 4.69) is 47.8 Å². The van der Waals surface area contributed by atoms with E-state index in [4.69, 9.17) is 4.74 Å². The Kier molecular flexibility index (Phi) is 4.19. The van der Waals surface area contributed by atoms with Gasteiger partial charge in [-0.1, -0.05) is 15.9 Å². The average Bonchev–Trinajstić information content (AvgIpc) is 2.34. The number of benzene rings is 2. The highest BCUT2D eigenvalue weighted by Crippen LogP contribution is 2.44. The van der Waals surface area contributed by atoms with Gasteiger partial charge in [0.25, 0.3) is 0 Å². The van der Waals surface area contributed by atoms with Gasteiger partial charge in [-0.25, -0.2) is 0 Å². The summed E-state index contributed by atoms with van der Waals surface area (Å²) in [6.45, 7) is 0. The quantitative estimate of drug-likeness (QED) is 0.679. The second kappa shape index (κ2) is 5.50. The summed E-state index contributed by atoms with van der Waals surface area (Å²) < 4.78 is 7.39. The fourth-order valence-corrected chi connectivity index (χ4v) is 2.35. The molecule has 0 saturated carbocycles. The molecule has 2 aromatic carbocycles. The number of phenols is 2. The Bertz CT molecular complexity index is 599. The van der Waals surface area contributed by atoms with Crippen LogP contribution >= 0.6 is 47.8 Å². The summed E-state index contributed by atoms with van der Waals surface area (Å²) in [6.07, 6.45) is 0. The molecule has 0 bridgehead atoms. The lowest BCUT2D eigenvalue weighted by Gasteiger charge is -2.12. The van der Waals surface area contributed by atoms with Crippen LogP contribution in [0.25, 0.3) is 0 Å². The summed E-state index contributed by atoms with van der Waals surface area (Å²) in [5.41, 5.74) is 0. The molecule has 94 valence electrons. The Morgan fingerprint density at radius 1 is 0.889 bits per heavy atom. The van der Waals surface area contributed by atoms with Crippen molar-refractivity contribution in [1.29, 1.82) is 0 Å². The van der Waals surface area contributed by atoms with Gasteiger partial charge in [0.1, 0.15) is 0 Å². The van der Waals surface area contributed by atoms with Gasteiger partial charge in [-0.2, -0.15) is 0 Å². The molecule has 2 rings (SSSR count). The van der Waals surface area contributed by atoms with Gasteiger partial charge in [0.05, 0.1) is 8.95 Å². The Balaban J connectivity index is 2.46. The molecule has 0 heterocycles. The first kappa shape index (κ1) is 13.7. The van der Waals surface area contributed by atoms with E-state index >= 15 is 0 Å². The molecular weight excluding hydrogens is 432 g/mol. The van der Waals surface area contributed by atoms with Crippen molar-refractivity contribution in [2.45, 2.75) is 0 Å². The topological polar surface area (TPSA) is 49.7 Å². The molecule has 0 radical (unpaired) electrons. The highest BCUT2D eigenvalue weighted by molar-refractivity contribution is 9.11. The number of hydrogen-bond acceptors (Lipinski definition) is 3. The van der Waals surface area contributed by atoms with Gasteiger partial charge in [0, 0.05) is 4.47 Å². The Labute approximate surface area is 129 Å². The smallest absolute Gasteiger partial charge is 0.184 e. The number of phenolic OH excluding ortho intramolecular Hbond substituents is 2. The zero-order valence-electron chi connectivity index (χ0n) is 8.82. The lowest BCUT2D eigenvalue weighted by atomic mass is 10.3. The molecule has 0 aliphatic carbocycles. The first-order valence-corrected chi connectivity index (χ1v) is 7.20. The molecule has 0 aromatic heterocycles. The predicted octanol–water partition coefficient (Wildman–Crippen LogP) is 5.18. The van der Waals surface area contributed by atoms with E-state index in [1.165, 1.54) is 6.07 Å². The lowest BCUT2D eigenvalue weighted by molar-refractivity contribution is 0.382. The maximum Gasteiger partial charge on any atom is 0.184 e. The average molecular weight is 439 g/mol. The number of hydrogen-bond donors (Lipinski definition) is 2. The molecule has 0 unspecified atom stereocenters. The fourth-order valence-electron chi connectivity index (χ4n) is 1.30. The maximum atomic E-state index is 9.90. The second-order valence-electron chi connectivity index (χ2n) is 3.42. The normalized spacial score (nSPS) is 10.4. The molecule has 18 heavy (non-hydrogen) atoms. The molecule has 2 N–H and O–H groups in total. The van der Waals surface area contributed by atoms with Crippen molar-refractivity contribution in [3.8, 4) is 23.0 Å². The van der Waals surface area contributed by atoms with Crippen molar-refractivity contribution in [3.05, 3.63) is 43.7 Å². The monoisotopic (exact) mass is 436 g/mol. The second-order valence-corrected chi connectivity index (χ2v) is 6.05. The van der Waals surface area contributed by atoms with E-state index in [0.717, 1.165) is 4.47 Å². The van der Waals surface area contributed by atoms with E-state index < -0.39 is 0 Å². The number of halogens is 3. The van der Waals surface area contributed by atoms with Gasteiger partial charge < -0.3 is 14.9 Å². The van der Waals surface area contributed by atoms with Crippen LogP contribution in [0.1, 0.15) is 0 Å². The van der Waals surface area contributed by atoms with Crippen molar-refractivity contribution in [2.75, 3.05) is 0 Å². The maximum absolute atomic E-state index is 9.90. The van der Waals surface area contributed by atoms with E-state index in [1.807, 2.05) is 0 Å². The third-order valence-electron chi connectivity index (χ3n) is 2.17. The molecule has 6 heteroatoms. The van der Waals surface area contributed by atoms with Crippen LogP contribution in [0.2, 0.25) is 0 Å². The van der Waals surface area contributed by atoms with Gasteiger partial charge >= 0.3 is 0 Å². The van der Waals surface area contributed by atoms with Crippen LogP contribution in [0.15, 0.2) is 43.7 Å². The summed E-state index contributed by atoms with van der Waals surface area (Å²) in [4.78, 5) is 0. The zero-order chi connectivity index (χ0) is 13.3. The highest BCUT2D eigenvalue weighted by atomic mass is 79.9. The van der Waals surface area contributed by atoms with Crippen molar-refractivity contribution in [2.24, 2.45) is 0 Å².